The SMILES string of the molecule is C[C@]1(c2ccccn2)NC(=O)N(CC(=O)c2ccc3c(c2)CCC3)C1=O. The standard InChI is InChI=1S/C20H19N3O3/c1-20(17-7-2-3-10-21-17)18(25)23(19(26)22-20)12-16(24)15-9-8-13-5-4-6-14(13)11-15/h2-3,7-11H,4-6,12H2,1H3,(H,22,26)/t20-/m1/s1. The van der Waals surface area contributed by atoms with Crippen LogP contribution in [-0.2, 0) is 23.2 Å². The number of carbonyl (C=O) groups is 3. The molecule has 2 heterocycles. The molecule has 1 aromatic heterocycles. The topological polar surface area (TPSA) is 79.4 Å². The van der Waals surface area contributed by atoms with E-state index in [-0.39, 0.29) is 12.3 Å². The van der Waals surface area contributed by atoms with Gasteiger partial charge in [-0.3, -0.25) is 19.5 Å². The highest BCUT2D eigenvalue weighted by Gasteiger charge is 2.50. The molecule has 6 nitrogen and oxygen atoms in total. The lowest BCUT2D eigenvalue weighted by Crippen LogP contribution is -2.42. The summed E-state index contributed by atoms with van der Waals surface area (Å²) in [5, 5.41) is 2.67. The summed E-state index contributed by atoms with van der Waals surface area (Å²) in [6.07, 6.45) is 4.68. The van der Waals surface area contributed by atoms with Gasteiger partial charge in [0.05, 0.1) is 12.2 Å². The number of carbonyl (C=O) groups excluding carboxylic acids is 3. The summed E-state index contributed by atoms with van der Waals surface area (Å²) in [6.45, 7) is 1.33. The number of fused-ring (bicyclic) bond motifs is 1. The second-order valence-corrected chi connectivity index (χ2v) is 6.92. The largest absolute Gasteiger partial charge is 0.325 e. The minimum absolute atomic E-state index is 0.242. The monoisotopic (exact) mass is 349 g/mol. The van der Waals surface area contributed by atoms with Crippen LogP contribution in [0.4, 0.5) is 4.79 Å². The van der Waals surface area contributed by atoms with Crippen molar-refractivity contribution in [2.24, 2.45) is 0 Å². The van der Waals surface area contributed by atoms with Crippen molar-refractivity contribution < 1.29 is 14.4 Å². The van der Waals surface area contributed by atoms with Crippen LogP contribution in [0.3, 0.4) is 0 Å². The summed E-state index contributed by atoms with van der Waals surface area (Å²) >= 11 is 0. The number of pyridine rings is 1. The number of nitrogens with one attached hydrogen (secondary N) is 1. The summed E-state index contributed by atoms with van der Waals surface area (Å²) in [6, 6.07) is 10.2. The van der Waals surface area contributed by atoms with Crippen LogP contribution in [0.2, 0.25) is 0 Å². The average Bonchev–Trinajstić information content (AvgIpc) is 3.20. The van der Waals surface area contributed by atoms with E-state index in [4.69, 9.17) is 0 Å². The summed E-state index contributed by atoms with van der Waals surface area (Å²) < 4.78 is 0. The number of rotatable bonds is 4. The molecule has 1 aliphatic carbocycles. The maximum absolute atomic E-state index is 12.8. The number of ketones is 1. The second kappa shape index (κ2) is 6.05. The molecule has 1 N–H and O–H groups in total. The summed E-state index contributed by atoms with van der Waals surface area (Å²) in [4.78, 5) is 43.0. The Morgan fingerprint density at radius 3 is 2.77 bits per heavy atom. The molecule has 1 saturated heterocycles. The lowest BCUT2D eigenvalue weighted by molar-refractivity contribution is -0.130. The van der Waals surface area contributed by atoms with E-state index in [1.54, 1.807) is 37.4 Å². The Kier molecular flexibility index (Phi) is 3.83. The number of imide groups is 1. The van der Waals surface area contributed by atoms with Gasteiger partial charge in [0.1, 0.15) is 0 Å². The van der Waals surface area contributed by atoms with Crippen molar-refractivity contribution in [3.63, 3.8) is 0 Å². The van der Waals surface area contributed by atoms with E-state index in [2.05, 4.69) is 10.3 Å². The van der Waals surface area contributed by atoms with Crippen molar-refractivity contribution in [1.29, 1.82) is 0 Å². The molecule has 4 rings (SSSR count). The highest BCUT2D eigenvalue weighted by atomic mass is 16.2. The quantitative estimate of drug-likeness (QED) is 0.678. The zero-order valence-corrected chi connectivity index (χ0v) is 14.5. The van der Waals surface area contributed by atoms with E-state index in [1.165, 1.54) is 11.1 Å². The molecule has 1 aromatic carbocycles. The van der Waals surface area contributed by atoms with Gasteiger partial charge in [-0.2, -0.15) is 0 Å². The Bertz CT molecular complexity index is 910. The molecule has 26 heavy (non-hydrogen) atoms. The van der Waals surface area contributed by atoms with Gasteiger partial charge in [0.2, 0.25) is 0 Å². The second-order valence-electron chi connectivity index (χ2n) is 6.92. The molecular formula is C20H19N3O3. The lowest BCUT2D eigenvalue weighted by Gasteiger charge is -2.20. The first kappa shape index (κ1) is 16.4. The highest BCUT2D eigenvalue weighted by Crippen LogP contribution is 2.28. The first-order chi connectivity index (χ1) is 12.5. The van der Waals surface area contributed by atoms with Crippen LogP contribution in [0.15, 0.2) is 42.6 Å². The van der Waals surface area contributed by atoms with Crippen LogP contribution < -0.4 is 5.32 Å². The van der Waals surface area contributed by atoms with Crippen molar-refractivity contribution in [2.75, 3.05) is 6.54 Å². The molecule has 1 fully saturated rings. The fraction of sp³-hybridized carbons (Fsp3) is 0.300. The van der Waals surface area contributed by atoms with E-state index < -0.39 is 17.5 Å². The maximum Gasteiger partial charge on any atom is 0.325 e. The zero-order chi connectivity index (χ0) is 18.3. The van der Waals surface area contributed by atoms with Crippen LogP contribution in [0.25, 0.3) is 0 Å². The third-order valence-corrected chi connectivity index (χ3v) is 5.17. The first-order valence-corrected chi connectivity index (χ1v) is 8.69. The Morgan fingerprint density at radius 2 is 2.00 bits per heavy atom. The van der Waals surface area contributed by atoms with Crippen LogP contribution in [-0.4, -0.2) is 34.2 Å². The molecule has 2 aromatic rings. The Morgan fingerprint density at radius 1 is 1.19 bits per heavy atom. The molecule has 1 atom stereocenters. The van der Waals surface area contributed by atoms with Gasteiger partial charge in [-0.15, -0.1) is 0 Å². The molecule has 2 aliphatic rings. The van der Waals surface area contributed by atoms with Gasteiger partial charge in [-0.25, -0.2) is 4.79 Å². The van der Waals surface area contributed by atoms with E-state index in [9.17, 15) is 14.4 Å². The van der Waals surface area contributed by atoms with E-state index in [0.717, 1.165) is 24.2 Å². The average molecular weight is 349 g/mol. The third kappa shape index (κ3) is 2.58. The summed E-state index contributed by atoms with van der Waals surface area (Å²) in [5.74, 6) is -0.704. The highest BCUT2D eigenvalue weighted by molar-refractivity contribution is 6.11. The smallest absolute Gasteiger partial charge is 0.318 e. The molecule has 132 valence electrons. The number of aryl methyl sites for hydroxylation is 2. The Balaban J connectivity index is 1.56. The molecule has 0 saturated carbocycles. The molecule has 0 spiro atoms. The predicted octanol–water partition coefficient (Wildman–Crippen LogP) is 2.22. The summed E-state index contributed by atoms with van der Waals surface area (Å²) in [7, 11) is 0. The fourth-order valence-electron chi connectivity index (χ4n) is 3.65. The van der Waals surface area contributed by atoms with Gasteiger partial charge < -0.3 is 5.32 Å². The predicted molar refractivity (Wildman–Crippen MR) is 94.6 cm³/mol. The van der Waals surface area contributed by atoms with E-state index in [0.29, 0.717) is 11.3 Å². The molecule has 6 heteroatoms. The number of Topliss-reactive ketones (excluding diaryl/α,β-unsaturated/α-hetero) is 1. The van der Waals surface area contributed by atoms with Crippen LogP contribution >= 0.6 is 0 Å². The van der Waals surface area contributed by atoms with Crippen molar-refractivity contribution in [3.8, 4) is 0 Å². The lowest BCUT2D eigenvalue weighted by atomic mass is 9.97. The van der Waals surface area contributed by atoms with Gasteiger partial charge in [0.25, 0.3) is 5.91 Å². The number of amides is 3. The number of benzene rings is 1. The summed E-state index contributed by atoms with van der Waals surface area (Å²) in [5.41, 5.74) is 2.20. The van der Waals surface area contributed by atoms with E-state index in [1.807, 2.05) is 12.1 Å². The number of urea groups is 1. The van der Waals surface area contributed by atoms with Gasteiger partial charge in [0.15, 0.2) is 11.3 Å². The number of nitrogens with zero attached hydrogens (tertiary/aromatic N) is 2. The van der Waals surface area contributed by atoms with Gasteiger partial charge >= 0.3 is 6.03 Å². The van der Waals surface area contributed by atoms with Crippen molar-refractivity contribution in [2.45, 2.75) is 31.7 Å². The third-order valence-electron chi connectivity index (χ3n) is 5.17. The molecule has 0 radical (unpaired) electrons. The normalized spacial score (nSPS) is 21.7. The van der Waals surface area contributed by atoms with Crippen LogP contribution in [0, 0.1) is 0 Å². The van der Waals surface area contributed by atoms with Gasteiger partial charge in [-0.1, -0.05) is 18.2 Å². The number of hydrogen-bond donors (Lipinski definition) is 1. The van der Waals surface area contributed by atoms with Crippen molar-refractivity contribution in [3.05, 3.63) is 65.0 Å². The molecule has 1 aliphatic heterocycles. The number of aromatic nitrogens is 1. The molecule has 0 unspecified atom stereocenters. The van der Waals surface area contributed by atoms with Crippen molar-refractivity contribution >= 4 is 17.7 Å². The minimum Gasteiger partial charge on any atom is -0.318 e. The number of hydrogen-bond acceptors (Lipinski definition) is 4. The van der Waals surface area contributed by atoms with E-state index >= 15 is 0 Å². The van der Waals surface area contributed by atoms with Gasteiger partial charge in [-0.05, 0) is 55.5 Å². The van der Waals surface area contributed by atoms with Crippen LogP contribution in [0.5, 0.6) is 0 Å². The molecule has 3 amide bonds. The van der Waals surface area contributed by atoms with Crippen molar-refractivity contribution in [1.82, 2.24) is 15.2 Å². The molecular weight excluding hydrogens is 330 g/mol. The van der Waals surface area contributed by atoms with Gasteiger partial charge in [0, 0.05) is 11.8 Å². The maximum atomic E-state index is 12.8. The Hall–Kier alpha value is -3.02. The van der Waals surface area contributed by atoms with Crippen LogP contribution in [0.1, 0.15) is 40.5 Å². The first-order valence-electron chi connectivity index (χ1n) is 8.69. The minimum atomic E-state index is -1.25. The fourth-order valence-corrected chi connectivity index (χ4v) is 3.65. The Labute approximate surface area is 151 Å². The molecule has 0 bridgehead atoms. The zero-order valence-electron chi connectivity index (χ0n) is 14.5.